The quantitative estimate of drug-likeness (QED) is 0.501. The Hall–Kier alpha value is -3.33. The van der Waals surface area contributed by atoms with E-state index >= 15 is 0 Å². The van der Waals surface area contributed by atoms with Crippen LogP contribution < -0.4 is 15.0 Å². The molecule has 0 fully saturated rings. The molecule has 0 aliphatic carbocycles. The number of carbonyl (C=O) groups is 1. The largest absolute Gasteiger partial charge is 0.839 e. The third-order valence-corrected chi connectivity index (χ3v) is 4.43. The predicted octanol–water partition coefficient (Wildman–Crippen LogP) is 1.55. The Morgan fingerprint density at radius 2 is 2.07 bits per heavy atom. The van der Waals surface area contributed by atoms with Crippen LogP contribution in [0.15, 0.2) is 65.9 Å². The number of imidazole rings is 1. The average Bonchev–Trinajstić information content (AvgIpc) is 2.94. The molecule has 4 aromatic rings. The molecule has 9 heteroatoms. The summed E-state index contributed by atoms with van der Waals surface area (Å²) in [4.78, 5) is 24.8. The summed E-state index contributed by atoms with van der Waals surface area (Å²) < 4.78 is 3.86. The minimum absolute atomic E-state index is 0.00391. The lowest BCUT2D eigenvalue weighted by molar-refractivity contribution is -0.704. The Morgan fingerprint density at radius 1 is 1.26 bits per heavy atom. The smallest absolute Gasteiger partial charge is 0.300 e. The molecular weight excluding hydrogens is 412 g/mol. The van der Waals surface area contributed by atoms with Gasteiger partial charge in [-0.15, -0.1) is 0 Å². The maximum absolute atomic E-state index is 13.0. The van der Waals surface area contributed by atoms with Crippen LogP contribution in [0.1, 0.15) is 16.1 Å². The summed E-state index contributed by atoms with van der Waals surface area (Å²) in [7, 11) is 0. The Kier molecular flexibility index (Phi) is 4.51. The molecule has 0 aliphatic heterocycles. The molecule has 0 spiro atoms. The highest BCUT2D eigenvalue weighted by Crippen LogP contribution is 2.18. The molecule has 1 amide bonds. The van der Waals surface area contributed by atoms with Gasteiger partial charge in [0.1, 0.15) is 24.6 Å². The average molecular weight is 425 g/mol. The number of carbonyl (C=O) groups excluding carboxylic acids is 1. The Labute approximate surface area is 162 Å². The number of pyridine rings is 2. The van der Waals surface area contributed by atoms with Crippen molar-refractivity contribution in [3.8, 4) is 5.88 Å². The molecule has 0 unspecified atom stereocenters. The molecule has 4 aromatic heterocycles. The van der Waals surface area contributed by atoms with Crippen molar-refractivity contribution in [1.29, 1.82) is 0 Å². The van der Waals surface area contributed by atoms with E-state index in [0.717, 1.165) is 10.0 Å². The van der Waals surface area contributed by atoms with Crippen molar-refractivity contribution < 1.29 is 14.5 Å². The van der Waals surface area contributed by atoms with Crippen molar-refractivity contribution in [2.24, 2.45) is 0 Å². The highest BCUT2D eigenvalue weighted by atomic mass is 79.9. The van der Waals surface area contributed by atoms with E-state index in [1.54, 1.807) is 53.5 Å². The summed E-state index contributed by atoms with van der Waals surface area (Å²) in [6, 6.07) is 8.75. The van der Waals surface area contributed by atoms with Crippen molar-refractivity contribution in [3.63, 3.8) is 0 Å². The second-order valence-electron chi connectivity index (χ2n) is 5.73. The first-order valence-corrected chi connectivity index (χ1v) is 8.79. The molecule has 0 saturated carbocycles. The second kappa shape index (κ2) is 7.12. The van der Waals surface area contributed by atoms with Crippen LogP contribution in [-0.4, -0.2) is 25.3 Å². The normalized spacial score (nSPS) is 10.9. The Balaban J connectivity index is 1.76. The number of nitrogens with one attached hydrogen (secondary N) is 1. The number of anilines is 1. The maximum atomic E-state index is 13.0. The van der Waals surface area contributed by atoms with Crippen molar-refractivity contribution in [2.75, 3.05) is 5.32 Å². The molecule has 134 valence electrons. The van der Waals surface area contributed by atoms with Gasteiger partial charge in [0.25, 0.3) is 11.6 Å². The van der Waals surface area contributed by atoms with Gasteiger partial charge in [-0.2, -0.15) is 4.40 Å². The highest BCUT2D eigenvalue weighted by molar-refractivity contribution is 9.10. The van der Waals surface area contributed by atoms with Gasteiger partial charge in [-0.3, -0.25) is 4.79 Å². The minimum Gasteiger partial charge on any atom is -0.839 e. The first-order chi connectivity index (χ1) is 13.1. The summed E-state index contributed by atoms with van der Waals surface area (Å²) in [5.74, 6) is -0.588. The lowest BCUT2D eigenvalue weighted by atomic mass is 10.3. The molecule has 0 aromatic carbocycles. The van der Waals surface area contributed by atoms with Crippen molar-refractivity contribution in [1.82, 2.24) is 19.4 Å². The zero-order valence-corrected chi connectivity index (χ0v) is 15.5. The molecule has 0 saturated heterocycles. The zero-order chi connectivity index (χ0) is 18.8. The number of halogens is 1. The number of hydrogen-bond donors (Lipinski definition) is 1. The molecule has 0 bridgehead atoms. The topological polar surface area (TPSA) is 99.1 Å². The second-order valence-corrected chi connectivity index (χ2v) is 6.64. The van der Waals surface area contributed by atoms with E-state index in [0.29, 0.717) is 11.5 Å². The standard InChI is InChI=1S/C18H13BrN6O2/c19-13-4-5-22-14(7-13)23-17(26)16-18(27)25(10-12-8-20-11-21-9-12)15-3-1-2-6-24(15)16/h1-9,11H,10H2,(H-,22,23,26,27). The number of amides is 1. The molecule has 27 heavy (non-hydrogen) atoms. The first-order valence-electron chi connectivity index (χ1n) is 8.00. The van der Waals surface area contributed by atoms with Gasteiger partial charge in [-0.05, 0) is 18.2 Å². The van der Waals surface area contributed by atoms with Gasteiger partial charge in [0, 0.05) is 34.7 Å². The van der Waals surface area contributed by atoms with E-state index in [1.807, 2.05) is 6.07 Å². The van der Waals surface area contributed by atoms with E-state index in [2.05, 4.69) is 36.2 Å². The third-order valence-electron chi connectivity index (χ3n) is 3.94. The summed E-state index contributed by atoms with van der Waals surface area (Å²) >= 11 is 3.33. The van der Waals surface area contributed by atoms with E-state index in [4.69, 9.17) is 0 Å². The Morgan fingerprint density at radius 3 is 2.85 bits per heavy atom. The monoisotopic (exact) mass is 424 g/mol. The number of hydrogen-bond acceptors (Lipinski definition) is 5. The first kappa shape index (κ1) is 17.1. The fraction of sp³-hybridized carbons (Fsp3) is 0.0556. The van der Waals surface area contributed by atoms with Gasteiger partial charge in [0.15, 0.2) is 0 Å². The van der Waals surface area contributed by atoms with Crippen LogP contribution in [0.2, 0.25) is 0 Å². The lowest BCUT2D eigenvalue weighted by Crippen LogP contribution is -2.37. The van der Waals surface area contributed by atoms with Crippen LogP contribution in [0, 0.1) is 0 Å². The van der Waals surface area contributed by atoms with Crippen molar-refractivity contribution in [2.45, 2.75) is 6.54 Å². The molecule has 0 atom stereocenters. The fourth-order valence-corrected chi connectivity index (χ4v) is 3.12. The Bertz CT molecular complexity index is 1130. The van der Waals surface area contributed by atoms with Crippen LogP contribution in [0.25, 0.3) is 5.65 Å². The van der Waals surface area contributed by atoms with Crippen LogP contribution in [0.5, 0.6) is 5.88 Å². The van der Waals surface area contributed by atoms with Gasteiger partial charge in [-0.1, -0.05) is 22.0 Å². The van der Waals surface area contributed by atoms with Gasteiger partial charge in [0.2, 0.25) is 5.69 Å². The number of fused-ring (bicyclic) bond motifs is 1. The SMILES string of the molecule is O=C(Nc1cc(Br)ccn1)c1c([O-])[n+](Cc2cncnc2)c2ccccn12. The highest BCUT2D eigenvalue weighted by Gasteiger charge is 2.25. The van der Waals surface area contributed by atoms with Crippen LogP contribution in [0.4, 0.5) is 5.82 Å². The molecule has 8 nitrogen and oxygen atoms in total. The van der Waals surface area contributed by atoms with Gasteiger partial charge in [-0.25, -0.2) is 19.5 Å². The van der Waals surface area contributed by atoms with E-state index in [9.17, 15) is 9.90 Å². The lowest BCUT2D eigenvalue weighted by Gasteiger charge is -2.07. The van der Waals surface area contributed by atoms with Gasteiger partial charge in [0.05, 0.1) is 6.20 Å². The molecule has 1 N–H and O–H groups in total. The molecule has 0 aliphatic rings. The van der Waals surface area contributed by atoms with Gasteiger partial charge >= 0.3 is 0 Å². The van der Waals surface area contributed by atoms with Crippen LogP contribution >= 0.6 is 15.9 Å². The summed E-state index contributed by atoms with van der Waals surface area (Å²) in [6.07, 6.45) is 7.93. The fourth-order valence-electron chi connectivity index (χ4n) is 2.78. The number of nitrogens with zero attached hydrogens (tertiary/aromatic N) is 5. The van der Waals surface area contributed by atoms with Crippen molar-refractivity contribution >= 4 is 33.3 Å². The molecular formula is C18H13BrN6O2. The summed E-state index contributed by atoms with van der Waals surface area (Å²) in [6.45, 7) is 0.260. The predicted molar refractivity (Wildman–Crippen MR) is 98.1 cm³/mol. The zero-order valence-electron chi connectivity index (χ0n) is 13.9. The van der Waals surface area contributed by atoms with Crippen LogP contribution in [0.3, 0.4) is 0 Å². The van der Waals surface area contributed by atoms with Crippen molar-refractivity contribution in [3.05, 3.63) is 77.2 Å². The third kappa shape index (κ3) is 3.36. The maximum Gasteiger partial charge on any atom is 0.300 e. The van der Waals surface area contributed by atoms with E-state index in [-0.39, 0.29) is 12.2 Å². The van der Waals surface area contributed by atoms with Gasteiger partial charge < -0.3 is 10.4 Å². The van der Waals surface area contributed by atoms with E-state index in [1.165, 1.54) is 10.9 Å². The molecule has 4 heterocycles. The van der Waals surface area contributed by atoms with E-state index < -0.39 is 11.8 Å². The number of rotatable bonds is 4. The minimum atomic E-state index is -0.533. The molecule has 4 rings (SSSR count). The summed E-state index contributed by atoms with van der Waals surface area (Å²) in [5, 5.41) is 15.7. The summed E-state index contributed by atoms with van der Waals surface area (Å²) in [5.41, 5.74) is 1.36. The van der Waals surface area contributed by atoms with Crippen LogP contribution in [-0.2, 0) is 6.54 Å². The molecule has 0 radical (unpaired) electrons. The number of aromatic nitrogens is 5.